The maximum absolute atomic E-state index is 11.0. The molecule has 0 radical (unpaired) electrons. The first kappa shape index (κ1) is 13.1. The third-order valence-corrected chi connectivity index (χ3v) is 3.58. The van der Waals surface area contributed by atoms with Gasteiger partial charge in [0.25, 0.3) is 0 Å². The molecule has 0 aliphatic heterocycles. The topological polar surface area (TPSA) is 46.5 Å². The number of hydrogen-bond donors (Lipinski definition) is 1. The standard InChI is InChI=1S/C15H20O3/c16-15(17)14-9-5-4-8-13(14)11-18-10-12-6-2-1-3-7-12/h4-5,8-9,12H,1-3,6-7,10-11H2,(H,16,17). The monoisotopic (exact) mass is 248 g/mol. The molecule has 2 rings (SSSR count). The van der Waals surface area contributed by atoms with E-state index in [4.69, 9.17) is 9.84 Å². The Labute approximate surface area is 108 Å². The minimum absolute atomic E-state index is 0.348. The fourth-order valence-electron chi connectivity index (χ4n) is 2.54. The molecule has 0 heterocycles. The molecular formula is C15H20O3. The summed E-state index contributed by atoms with van der Waals surface area (Å²) in [6, 6.07) is 7.05. The van der Waals surface area contributed by atoms with Crippen molar-refractivity contribution in [3.05, 3.63) is 35.4 Å². The number of hydrogen-bond acceptors (Lipinski definition) is 2. The Morgan fingerprint density at radius 1 is 1.22 bits per heavy atom. The number of rotatable bonds is 5. The van der Waals surface area contributed by atoms with E-state index in [0.29, 0.717) is 18.1 Å². The van der Waals surface area contributed by atoms with Crippen molar-refractivity contribution in [1.82, 2.24) is 0 Å². The lowest BCUT2D eigenvalue weighted by Gasteiger charge is -2.21. The first-order valence-electron chi connectivity index (χ1n) is 6.66. The predicted molar refractivity (Wildman–Crippen MR) is 69.6 cm³/mol. The number of carbonyl (C=O) groups is 1. The molecule has 1 aliphatic carbocycles. The van der Waals surface area contributed by atoms with E-state index >= 15 is 0 Å². The second-order valence-electron chi connectivity index (χ2n) is 4.98. The molecule has 3 heteroatoms. The molecular weight excluding hydrogens is 228 g/mol. The van der Waals surface area contributed by atoms with Crippen LogP contribution >= 0.6 is 0 Å². The predicted octanol–water partition coefficient (Wildman–Crippen LogP) is 3.48. The van der Waals surface area contributed by atoms with E-state index in [1.54, 1.807) is 12.1 Å². The molecule has 1 fully saturated rings. The van der Waals surface area contributed by atoms with E-state index in [9.17, 15) is 4.79 Å². The first-order chi connectivity index (χ1) is 8.77. The summed E-state index contributed by atoms with van der Waals surface area (Å²) < 4.78 is 5.69. The second kappa shape index (κ2) is 6.55. The first-order valence-corrected chi connectivity index (χ1v) is 6.66. The van der Waals surface area contributed by atoms with Crippen LogP contribution in [-0.4, -0.2) is 17.7 Å². The molecule has 0 amide bonds. The fraction of sp³-hybridized carbons (Fsp3) is 0.533. The Morgan fingerprint density at radius 3 is 2.67 bits per heavy atom. The van der Waals surface area contributed by atoms with Gasteiger partial charge >= 0.3 is 5.97 Å². The lowest BCUT2D eigenvalue weighted by atomic mass is 9.90. The zero-order valence-electron chi connectivity index (χ0n) is 10.6. The van der Waals surface area contributed by atoms with Crippen molar-refractivity contribution in [2.75, 3.05) is 6.61 Å². The Kier molecular flexibility index (Phi) is 4.76. The Hall–Kier alpha value is -1.35. The number of carboxylic acid groups (broad SMARTS) is 1. The van der Waals surface area contributed by atoms with Gasteiger partial charge < -0.3 is 9.84 Å². The Bertz CT molecular complexity index is 394. The van der Waals surface area contributed by atoms with Crippen LogP contribution in [0.15, 0.2) is 24.3 Å². The SMILES string of the molecule is O=C(O)c1ccccc1COCC1CCCCC1. The molecule has 1 saturated carbocycles. The molecule has 1 aromatic carbocycles. The van der Waals surface area contributed by atoms with E-state index in [1.165, 1.54) is 32.1 Å². The highest BCUT2D eigenvalue weighted by Crippen LogP contribution is 2.24. The average Bonchev–Trinajstić information content (AvgIpc) is 2.40. The largest absolute Gasteiger partial charge is 0.478 e. The molecule has 1 aliphatic rings. The second-order valence-corrected chi connectivity index (χ2v) is 4.98. The summed E-state index contributed by atoms with van der Waals surface area (Å²) in [4.78, 5) is 11.0. The third kappa shape index (κ3) is 3.57. The van der Waals surface area contributed by atoms with Gasteiger partial charge in [-0.25, -0.2) is 4.79 Å². The van der Waals surface area contributed by atoms with Crippen molar-refractivity contribution < 1.29 is 14.6 Å². The van der Waals surface area contributed by atoms with Gasteiger partial charge in [-0.2, -0.15) is 0 Å². The Morgan fingerprint density at radius 2 is 1.94 bits per heavy atom. The smallest absolute Gasteiger partial charge is 0.336 e. The maximum atomic E-state index is 11.0. The highest BCUT2D eigenvalue weighted by Gasteiger charge is 2.14. The van der Waals surface area contributed by atoms with Crippen molar-refractivity contribution in [3.8, 4) is 0 Å². The summed E-state index contributed by atoms with van der Waals surface area (Å²) in [7, 11) is 0. The molecule has 0 spiro atoms. The van der Waals surface area contributed by atoms with Gasteiger partial charge in [0.15, 0.2) is 0 Å². The van der Waals surface area contributed by atoms with Gasteiger partial charge in [-0.15, -0.1) is 0 Å². The van der Waals surface area contributed by atoms with Crippen LogP contribution in [0.3, 0.4) is 0 Å². The summed E-state index contributed by atoms with van der Waals surface area (Å²) in [5, 5.41) is 9.06. The molecule has 0 atom stereocenters. The summed E-state index contributed by atoms with van der Waals surface area (Å²) >= 11 is 0. The van der Waals surface area contributed by atoms with Crippen LogP contribution in [0, 0.1) is 5.92 Å². The quantitative estimate of drug-likeness (QED) is 0.867. The zero-order valence-corrected chi connectivity index (χ0v) is 10.6. The van der Waals surface area contributed by atoms with E-state index in [-0.39, 0.29) is 0 Å². The van der Waals surface area contributed by atoms with Crippen molar-refractivity contribution in [2.24, 2.45) is 5.92 Å². The molecule has 0 saturated heterocycles. The van der Waals surface area contributed by atoms with Crippen LogP contribution in [0.2, 0.25) is 0 Å². The van der Waals surface area contributed by atoms with Crippen molar-refractivity contribution in [3.63, 3.8) is 0 Å². The molecule has 98 valence electrons. The molecule has 0 aromatic heterocycles. The molecule has 18 heavy (non-hydrogen) atoms. The molecule has 3 nitrogen and oxygen atoms in total. The van der Waals surface area contributed by atoms with Gasteiger partial charge in [0.1, 0.15) is 0 Å². The summed E-state index contributed by atoms with van der Waals surface area (Å²) in [6.07, 6.45) is 6.46. The lowest BCUT2D eigenvalue weighted by molar-refractivity contribution is 0.0653. The van der Waals surface area contributed by atoms with Gasteiger partial charge in [-0.05, 0) is 30.4 Å². The van der Waals surface area contributed by atoms with E-state index in [0.717, 1.165) is 12.2 Å². The number of carboxylic acids is 1. The Balaban J connectivity index is 1.84. The van der Waals surface area contributed by atoms with Crippen LogP contribution in [0.4, 0.5) is 0 Å². The normalized spacial score (nSPS) is 16.7. The van der Waals surface area contributed by atoms with Gasteiger partial charge in [0.2, 0.25) is 0 Å². The van der Waals surface area contributed by atoms with Crippen molar-refractivity contribution >= 4 is 5.97 Å². The van der Waals surface area contributed by atoms with Gasteiger partial charge in [0.05, 0.1) is 12.2 Å². The number of benzene rings is 1. The third-order valence-electron chi connectivity index (χ3n) is 3.58. The average molecular weight is 248 g/mol. The van der Waals surface area contributed by atoms with Crippen molar-refractivity contribution in [1.29, 1.82) is 0 Å². The highest BCUT2D eigenvalue weighted by atomic mass is 16.5. The maximum Gasteiger partial charge on any atom is 0.336 e. The molecule has 1 N–H and O–H groups in total. The summed E-state index contributed by atoms with van der Waals surface area (Å²) in [5.41, 5.74) is 1.11. The van der Waals surface area contributed by atoms with Crippen LogP contribution in [0.5, 0.6) is 0 Å². The summed E-state index contributed by atoms with van der Waals surface area (Å²) in [6.45, 7) is 1.16. The molecule has 1 aromatic rings. The van der Waals surface area contributed by atoms with Crippen LogP contribution in [0.1, 0.15) is 48.0 Å². The van der Waals surface area contributed by atoms with E-state index < -0.39 is 5.97 Å². The van der Waals surface area contributed by atoms with Crippen LogP contribution in [0.25, 0.3) is 0 Å². The van der Waals surface area contributed by atoms with Gasteiger partial charge in [-0.3, -0.25) is 0 Å². The van der Waals surface area contributed by atoms with E-state index in [1.807, 2.05) is 12.1 Å². The number of ether oxygens (including phenoxy) is 1. The fourth-order valence-corrected chi connectivity index (χ4v) is 2.54. The molecule has 0 unspecified atom stereocenters. The van der Waals surface area contributed by atoms with Crippen LogP contribution in [-0.2, 0) is 11.3 Å². The van der Waals surface area contributed by atoms with E-state index in [2.05, 4.69) is 0 Å². The van der Waals surface area contributed by atoms with Gasteiger partial charge in [0, 0.05) is 6.61 Å². The minimum Gasteiger partial charge on any atom is -0.478 e. The number of aromatic carboxylic acids is 1. The zero-order chi connectivity index (χ0) is 12.8. The molecule has 0 bridgehead atoms. The van der Waals surface area contributed by atoms with Crippen molar-refractivity contribution in [2.45, 2.75) is 38.7 Å². The van der Waals surface area contributed by atoms with Gasteiger partial charge in [-0.1, -0.05) is 37.5 Å². The summed E-state index contributed by atoms with van der Waals surface area (Å²) in [5.74, 6) is -0.220. The minimum atomic E-state index is -0.883. The lowest BCUT2D eigenvalue weighted by Crippen LogP contribution is -2.14. The highest BCUT2D eigenvalue weighted by molar-refractivity contribution is 5.89. The van der Waals surface area contributed by atoms with Crippen LogP contribution < -0.4 is 0 Å².